The number of quaternary nitrogens is 1. The Labute approximate surface area is 181 Å². The summed E-state index contributed by atoms with van der Waals surface area (Å²) in [7, 11) is 1.56. The zero-order valence-electron chi connectivity index (χ0n) is 17.7. The highest BCUT2D eigenvalue weighted by Gasteiger charge is 2.20. The molecule has 0 spiro atoms. The summed E-state index contributed by atoms with van der Waals surface area (Å²) in [6, 6.07) is 21.2. The lowest BCUT2D eigenvalue weighted by Gasteiger charge is -2.17. The highest BCUT2D eigenvalue weighted by Crippen LogP contribution is 2.20. The van der Waals surface area contributed by atoms with Crippen LogP contribution in [-0.4, -0.2) is 25.4 Å². The molecule has 31 heavy (non-hydrogen) atoms. The van der Waals surface area contributed by atoms with Gasteiger partial charge in [0.05, 0.1) is 0 Å². The van der Waals surface area contributed by atoms with E-state index in [1.165, 1.54) is 17.7 Å². The molecule has 0 aromatic heterocycles. The lowest BCUT2D eigenvalue weighted by atomic mass is 9.97. The molecule has 3 aromatic carbocycles. The van der Waals surface area contributed by atoms with Crippen molar-refractivity contribution in [3.8, 4) is 0 Å². The van der Waals surface area contributed by atoms with Gasteiger partial charge in [-0.05, 0) is 42.3 Å². The van der Waals surface area contributed by atoms with Crippen LogP contribution in [0.15, 0.2) is 72.8 Å². The molecular weight excluding hydrogens is 393 g/mol. The Morgan fingerprint density at radius 3 is 2.39 bits per heavy atom. The molecule has 0 aliphatic carbocycles. The van der Waals surface area contributed by atoms with Crippen LogP contribution in [0.2, 0.25) is 0 Å². The molecule has 0 radical (unpaired) electrons. The van der Waals surface area contributed by atoms with E-state index in [1.807, 2.05) is 23.5 Å². The van der Waals surface area contributed by atoms with E-state index in [4.69, 9.17) is 0 Å². The minimum atomic E-state index is -0.309. The summed E-state index contributed by atoms with van der Waals surface area (Å²) in [4.78, 5) is 24.4. The summed E-state index contributed by atoms with van der Waals surface area (Å²) < 4.78 is 13.9. The van der Waals surface area contributed by atoms with Gasteiger partial charge in [0, 0.05) is 29.4 Å². The summed E-state index contributed by atoms with van der Waals surface area (Å²) in [5.41, 5.74) is 4.03. The van der Waals surface area contributed by atoms with Gasteiger partial charge < -0.3 is 16.0 Å². The maximum Gasteiger partial charge on any atom is 0.279 e. The molecule has 0 aliphatic rings. The van der Waals surface area contributed by atoms with E-state index in [2.05, 4.69) is 29.7 Å². The summed E-state index contributed by atoms with van der Waals surface area (Å²) in [5, 5.41) is 7.27. The van der Waals surface area contributed by atoms with Gasteiger partial charge in [0.2, 0.25) is 0 Å². The smallest absolute Gasteiger partial charge is 0.279 e. The number of anilines is 1. The molecule has 0 aliphatic heterocycles. The molecule has 0 unspecified atom stereocenters. The van der Waals surface area contributed by atoms with E-state index < -0.39 is 0 Å². The number of amides is 2. The summed E-state index contributed by atoms with van der Waals surface area (Å²) >= 11 is 0. The van der Waals surface area contributed by atoms with Gasteiger partial charge in [-0.3, -0.25) is 9.59 Å². The average Bonchev–Trinajstić information content (AvgIpc) is 2.79. The zero-order valence-corrected chi connectivity index (χ0v) is 17.7. The predicted molar refractivity (Wildman–Crippen MR) is 119 cm³/mol. The average molecular weight is 421 g/mol. The fourth-order valence-electron chi connectivity index (χ4n) is 3.44. The molecule has 3 aromatic rings. The van der Waals surface area contributed by atoms with E-state index in [0.29, 0.717) is 11.3 Å². The van der Waals surface area contributed by atoms with Gasteiger partial charge in [-0.2, -0.15) is 0 Å². The van der Waals surface area contributed by atoms with Crippen LogP contribution in [-0.2, 0) is 11.2 Å². The zero-order chi connectivity index (χ0) is 22.2. The van der Waals surface area contributed by atoms with Gasteiger partial charge >= 0.3 is 0 Å². The number of nitrogens with one attached hydrogen (secondary N) is 2. The SMILES string of the molecule is CCc1ccc([C@@H]([NH2+]CC(=O)Nc2cccc(C(=O)NC)c2)c2cccc(F)c2)cc1. The molecule has 160 valence electrons. The van der Waals surface area contributed by atoms with E-state index in [1.54, 1.807) is 37.4 Å². The Balaban J connectivity index is 1.74. The molecule has 5 nitrogen and oxygen atoms in total. The van der Waals surface area contributed by atoms with Crippen LogP contribution < -0.4 is 16.0 Å². The van der Waals surface area contributed by atoms with Gasteiger partial charge in [0.1, 0.15) is 11.9 Å². The third kappa shape index (κ3) is 5.99. The van der Waals surface area contributed by atoms with Gasteiger partial charge in [-0.25, -0.2) is 4.39 Å². The molecule has 2 amide bonds. The number of nitrogens with two attached hydrogens (primary N) is 1. The number of benzene rings is 3. The number of carbonyl (C=O) groups is 2. The van der Waals surface area contributed by atoms with Crippen LogP contribution in [0.25, 0.3) is 0 Å². The number of carbonyl (C=O) groups excluding carboxylic acids is 2. The molecule has 6 heteroatoms. The Bertz CT molecular complexity index is 1050. The van der Waals surface area contributed by atoms with Gasteiger partial charge in [0.15, 0.2) is 6.54 Å². The highest BCUT2D eigenvalue weighted by molar-refractivity contribution is 5.97. The van der Waals surface area contributed by atoms with Crippen molar-refractivity contribution >= 4 is 17.5 Å². The van der Waals surface area contributed by atoms with Crippen molar-refractivity contribution in [1.29, 1.82) is 0 Å². The number of hydrogen-bond acceptors (Lipinski definition) is 2. The third-order valence-electron chi connectivity index (χ3n) is 5.13. The lowest BCUT2D eigenvalue weighted by molar-refractivity contribution is -0.676. The van der Waals surface area contributed by atoms with Crippen molar-refractivity contribution in [2.45, 2.75) is 19.4 Å². The topological polar surface area (TPSA) is 74.8 Å². The second kappa shape index (κ2) is 10.5. The van der Waals surface area contributed by atoms with Crippen molar-refractivity contribution in [2.24, 2.45) is 0 Å². The van der Waals surface area contributed by atoms with E-state index in [0.717, 1.165) is 17.5 Å². The van der Waals surface area contributed by atoms with Crippen molar-refractivity contribution in [2.75, 3.05) is 18.9 Å². The van der Waals surface area contributed by atoms with Gasteiger partial charge in [-0.15, -0.1) is 0 Å². The standard InChI is InChI=1S/C25H26FN3O2/c1-3-17-10-12-18(13-11-17)24(19-6-4-8-21(26)14-19)28-16-23(30)29-22-9-5-7-20(15-22)25(31)27-2/h4-15,24,28H,3,16H2,1-2H3,(H,27,31)(H,29,30)/p+1/t24-/m1/s1. The number of hydrogen-bond donors (Lipinski definition) is 3. The number of rotatable bonds is 8. The first-order valence-corrected chi connectivity index (χ1v) is 10.3. The molecular formula is C25H27FN3O2+. The van der Waals surface area contributed by atoms with Crippen LogP contribution in [0.5, 0.6) is 0 Å². The summed E-state index contributed by atoms with van der Waals surface area (Å²) in [6.45, 7) is 2.23. The Morgan fingerprint density at radius 1 is 0.968 bits per heavy atom. The quantitative estimate of drug-likeness (QED) is 0.524. The van der Waals surface area contributed by atoms with Crippen molar-refractivity contribution in [1.82, 2.24) is 5.32 Å². The fraction of sp³-hybridized carbons (Fsp3) is 0.200. The van der Waals surface area contributed by atoms with E-state index in [-0.39, 0.29) is 30.2 Å². The first-order valence-electron chi connectivity index (χ1n) is 10.3. The molecule has 0 fully saturated rings. The number of halogens is 1. The summed E-state index contributed by atoms with van der Waals surface area (Å²) in [5.74, 6) is -0.735. The van der Waals surface area contributed by atoms with E-state index in [9.17, 15) is 14.0 Å². The predicted octanol–water partition coefficient (Wildman–Crippen LogP) is 3.04. The van der Waals surface area contributed by atoms with Crippen molar-refractivity contribution in [3.63, 3.8) is 0 Å². The van der Waals surface area contributed by atoms with E-state index >= 15 is 0 Å². The maximum absolute atomic E-state index is 13.9. The second-order valence-corrected chi connectivity index (χ2v) is 7.28. The minimum Gasteiger partial charge on any atom is -0.355 e. The van der Waals surface area contributed by atoms with Crippen molar-refractivity contribution in [3.05, 3.63) is 101 Å². The highest BCUT2D eigenvalue weighted by atomic mass is 19.1. The molecule has 0 saturated heterocycles. The van der Waals surface area contributed by atoms with Crippen LogP contribution in [0.4, 0.5) is 10.1 Å². The Hall–Kier alpha value is -3.51. The Morgan fingerprint density at radius 2 is 1.71 bits per heavy atom. The normalized spacial score (nSPS) is 11.6. The molecule has 0 saturated carbocycles. The van der Waals surface area contributed by atoms with Crippen LogP contribution in [0.3, 0.4) is 0 Å². The molecule has 4 N–H and O–H groups in total. The third-order valence-corrected chi connectivity index (χ3v) is 5.13. The molecule has 0 heterocycles. The second-order valence-electron chi connectivity index (χ2n) is 7.28. The lowest BCUT2D eigenvalue weighted by Crippen LogP contribution is -2.87. The first kappa shape index (κ1) is 22.2. The fourth-order valence-corrected chi connectivity index (χ4v) is 3.44. The Kier molecular flexibility index (Phi) is 7.51. The first-order chi connectivity index (χ1) is 15.0. The monoisotopic (exact) mass is 420 g/mol. The minimum absolute atomic E-state index is 0.140. The van der Waals surface area contributed by atoms with Crippen LogP contribution in [0.1, 0.15) is 40.0 Å². The van der Waals surface area contributed by atoms with Crippen molar-refractivity contribution < 1.29 is 19.3 Å². The summed E-state index contributed by atoms with van der Waals surface area (Å²) in [6.07, 6.45) is 0.937. The molecule has 3 rings (SSSR count). The number of aryl methyl sites for hydroxylation is 1. The van der Waals surface area contributed by atoms with Crippen LogP contribution >= 0.6 is 0 Å². The van der Waals surface area contributed by atoms with Crippen LogP contribution in [0, 0.1) is 5.82 Å². The maximum atomic E-state index is 13.9. The molecule has 1 atom stereocenters. The van der Waals surface area contributed by atoms with Gasteiger partial charge in [0.25, 0.3) is 11.8 Å². The largest absolute Gasteiger partial charge is 0.355 e. The van der Waals surface area contributed by atoms with Gasteiger partial charge in [-0.1, -0.05) is 49.4 Å². The molecule has 0 bridgehead atoms.